The summed E-state index contributed by atoms with van der Waals surface area (Å²) in [5.41, 5.74) is 1.60. The fraction of sp³-hybridized carbons (Fsp3) is 0.625. The van der Waals surface area contributed by atoms with Crippen LogP contribution in [-0.4, -0.2) is 38.2 Å². The molecule has 2 aliphatic rings. The number of nitrogens with one attached hydrogen (secondary N) is 1. The van der Waals surface area contributed by atoms with Gasteiger partial charge in [-0.2, -0.15) is 0 Å². The normalized spacial score (nSPS) is 24.6. The first-order valence-electron chi connectivity index (χ1n) is 7.46. The Kier molecular flexibility index (Phi) is 7.39. The summed E-state index contributed by atoms with van der Waals surface area (Å²) in [6, 6.07) is 5.18. The van der Waals surface area contributed by atoms with Crippen molar-refractivity contribution in [2.24, 2.45) is 5.41 Å². The van der Waals surface area contributed by atoms with Gasteiger partial charge in [-0.25, -0.2) is 4.39 Å². The van der Waals surface area contributed by atoms with Crippen molar-refractivity contribution in [2.45, 2.75) is 25.8 Å². The molecule has 0 aliphatic carbocycles. The Hall–Kier alpha value is -0.550. The van der Waals surface area contributed by atoms with Crippen molar-refractivity contribution in [3.05, 3.63) is 29.6 Å². The van der Waals surface area contributed by atoms with Gasteiger partial charge < -0.3 is 10.1 Å². The third-order valence-corrected chi connectivity index (χ3v) is 4.70. The number of piperidine rings is 1. The molecule has 1 atom stereocenters. The molecule has 0 bridgehead atoms. The van der Waals surface area contributed by atoms with E-state index in [1.807, 2.05) is 12.1 Å². The maximum Gasteiger partial charge on any atom is 0.165 e. The highest BCUT2D eigenvalue weighted by Crippen LogP contribution is 2.37. The van der Waals surface area contributed by atoms with Gasteiger partial charge in [0.1, 0.15) is 0 Å². The Morgan fingerprint density at radius 1 is 1.32 bits per heavy atom. The highest BCUT2D eigenvalue weighted by atomic mass is 35.5. The van der Waals surface area contributed by atoms with Gasteiger partial charge in [0, 0.05) is 19.6 Å². The molecular formula is C16H25Cl2FN2O. The van der Waals surface area contributed by atoms with Crippen LogP contribution in [-0.2, 0) is 6.54 Å². The third kappa shape index (κ3) is 4.25. The molecule has 2 heterocycles. The Bertz CT molecular complexity index is 481. The van der Waals surface area contributed by atoms with Crippen LogP contribution in [0.15, 0.2) is 18.2 Å². The zero-order valence-corrected chi connectivity index (χ0v) is 14.6. The highest BCUT2D eigenvalue weighted by molar-refractivity contribution is 5.85. The Balaban J connectivity index is 0.00000121. The number of methoxy groups -OCH3 is 1. The number of rotatable bonds is 3. The largest absolute Gasteiger partial charge is 0.494 e. The molecule has 3 nitrogen and oxygen atoms in total. The van der Waals surface area contributed by atoms with E-state index >= 15 is 0 Å². The quantitative estimate of drug-likeness (QED) is 0.905. The van der Waals surface area contributed by atoms with Crippen LogP contribution in [0.4, 0.5) is 4.39 Å². The van der Waals surface area contributed by atoms with E-state index in [0.717, 1.165) is 38.3 Å². The Labute approximate surface area is 144 Å². The minimum absolute atomic E-state index is 0. The van der Waals surface area contributed by atoms with Crippen LogP contribution in [0.3, 0.4) is 0 Å². The van der Waals surface area contributed by atoms with Gasteiger partial charge in [-0.15, -0.1) is 24.8 Å². The highest BCUT2D eigenvalue weighted by Gasteiger charge is 2.38. The molecule has 2 saturated heterocycles. The van der Waals surface area contributed by atoms with Gasteiger partial charge in [-0.1, -0.05) is 6.07 Å². The van der Waals surface area contributed by atoms with E-state index in [4.69, 9.17) is 4.74 Å². The maximum atomic E-state index is 13.4. The summed E-state index contributed by atoms with van der Waals surface area (Å²) in [6.07, 6.45) is 3.90. The zero-order chi connectivity index (χ0) is 14.0. The van der Waals surface area contributed by atoms with Crippen molar-refractivity contribution in [3.8, 4) is 5.75 Å². The molecule has 2 aliphatic heterocycles. The van der Waals surface area contributed by atoms with Crippen molar-refractivity contribution >= 4 is 24.8 Å². The molecule has 2 fully saturated rings. The minimum Gasteiger partial charge on any atom is -0.494 e. The first kappa shape index (κ1) is 19.5. The van der Waals surface area contributed by atoms with Crippen molar-refractivity contribution in [2.75, 3.05) is 33.3 Å². The number of halogens is 3. The lowest BCUT2D eigenvalue weighted by molar-refractivity contribution is 0.199. The van der Waals surface area contributed by atoms with E-state index in [0.29, 0.717) is 11.2 Å². The first-order valence-corrected chi connectivity index (χ1v) is 7.46. The van der Waals surface area contributed by atoms with Gasteiger partial charge in [0.25, 0.3) is 0 Å². The lowest BCUT2D eigenvalue weighted by Gasteiger charge is -2.34. The Morgan fingerprint density at radius 2 is 2.14 bits per heavy atom. The molecule has 0 aromatic heterocycles. The van der Waals surface area contributed by atoms with E-state index in [9.17, 15) is 4.39 Å². The number of likely N-dealkylation sites (tertiary alicyclic amines) is 1. The summed E-state index contributed by atoms with van der Waals surface area (Å²) in [7, 11) is 1.51. The van der Waals surface area contributed by atoms with E-state index in [1.165, 1.54) is 32.4 Å². The fourth-order valence-electron chi connectivity index (χ4n) is 3.60. The lowest BCUT2D eigenvalue weighted by Crippen LogP contribution is -2.41. The number of ether oxygens (including phenoxy) is 1. The molecule has 0 amide bonds. The monoisotopic (exact) mass is 350 g/mol. The van der Waals surface area contributed by atoms with Crippen LogP contribution in [0.25, 0.3) is 0 Å². The van der Waals surface area contributed by atoms with Gasteiger partial charge in [0.2, 0.25) is 0 Å². The summed E-state index contributed by atoms with van der Waals surface area (Å²) >= 11 is 0. The van der Waals surface area contributed by atoms with Gasteiger partial charge in [0.05, 0.1) is 7.11 Å². The summed E-state index contributed by atoms with van der Waals surface area (Å²) in [4.78, 5) is 2.49. The maximum absolute atomic E-state index is 13.4. The topological polar surface area (TPSA) is 24.5 Å². The van der Waals surface area contributed by atoms with Crippen molar-refractivity contribution < 1.29 is 9.13 Å². The second kappa shape index (κ2) is 8.34. The molecule has 1 N–H and O–H groups in total. The second-order valence-corrected chi connectivity index (χ2v) is 6.21. The molecule has 0 saturated carbocycles. The number of hydrogen-bond acceptors (Lipinski definition) is 3. The molecule has 1 unspecified atom stereocenters. The minimum atomic E-state index is -0.286. The summed E-state index contributed by atoms with van der Waals surface area (Å²) in [5.74, 6) is 0.0568. The predicted molar refractivity (Wildman–Crippen MR) is 91.9 cm³/mol. The summed E-state index contributed by atoms with van der Waals surface area (Å²) in [6.45, 7) is 5.49. The molecular weight excluding hydrogens is 326 g/mol. The number of hydrogen-bond donors (Lipinski definition) is 1. The lowest BCUT2D eigenvalue weighted by atomic mass is 9.80. The van der Waals surface area contributed by atoms with Crippen LogP contribution in [0.5, 0.6) is 5.75 Å². The van der Waals surface area contributed by atoms with Gasteiger partial charge in [-0.05, 0) is 55.5 Å². The molecule has 1 aromatic rings. The second-order valence-electron chi connectivity index (χ2n) is 6.21. The third-order valence-electron chi connectivity index (χ3n) is 4.70. The standard InChI is InChI=1S/C16H23FN2O.2ClH/c1-20-15-9-13(3-4-14(15)17)10-19-8-6-16(12-19)5-2-7-18-11-16;;/h3-4,9,18H,2,5-8,10-12H2,1H3;2*1H. The van der Waals surface area contributed by atoms with Gasteiger partial charge >= 0.3 is 0 Å². The molecule has 1 spiro atoms. The van der Waals surface area contributed by atoms with Crippen molar-refractivity contribution in [3.63, 3.8) is 0 Å². The molecule has 126 valence electrons. The van der Waals surface area contributed by atoms with E-state index in [-0.39, 0.29) is 30.6 Å². The number of benzene rings is 1. The van der Waals surface area contributed by atoms with Crippen molar-refractivity contribution in [1.29, 1.82) is 0 Å². The van der Waals surface area contributed by atoms with E-state index in [1.54, 1.807) is 0 Å². The summed E-state index contributed by atoms with van der Waals surface area (Å²) < 4.78 is 18.5. The van der Waals surface area contributed by atoms with Crippen LogP contribution in [0.1, 0.15) is 24.8 Å². The number of nitrogens with zero attached hydrogens (tertiary/aromatic N) is 1. The predicted octanol–water partition coefficient (Wildman–Crippen LogP) is 3.25. The molecule has 3 rings (SSSR count). The SMILES string of the molecule is COc1cc(CN2CCC3(CCCNC3)C2)ccc1F.Cl.Cl. The molecule has 6 heteroatoms. The average Bonchev–Trinajstić information content (AvgIpc) is 2.84. The zero-order valence-electron chi connectivity index (χ0n) is 12.9. The Morgan fingerprint density at radius 3 is 2.82 bits per heavy atom. The van der Waals surface area contributed by atoms with Gasteiger partial charge in [-0.3, -0.25) is 4.90 Å². The van der Waals surface area contributed by atoms with Crippen LogP contribution < -0.4 is 10.1 Å². The molecule has 22 heavy (non-hydrogen) atoms. The smallest absolute Gasteiger partial charge is 0.165 e. The van der Waals surface area contributed by atoms with Gasteiger partial charge in [0.15, 0.2) is 11.6 Å². The first-order chi connectivity index (χ1) is 9.71. The van der Waals surface area contributed by atoms with Crippen LogP contribution in [0.2, 0.25) is 0 Å². The van der Waals surface area contributed by atoms with Crippen molar-refractivity contribution in [1.82, 2.24) is 10.2 Å². The molecule has 0 radical (unpaired) electrons. The fourth-order valence-corrected chi connectivity index (χ4v) is 3.60. The van der Waals surface area contributed by atoms with Crippen LogP contribution in [0, 0.1) is 11.2 Å². The van der Waals surface area contributed by atoms with E-state index in [2.05, 4.69) is 10.2 Å². The average molecular weight is 351 g/mol. The summed E-state index contributed by atoms with van der Waals surface area (Å²) in [5, 5.41) is 3.53. The molecule has 1 aromatic carbocycles. The van der Waals surface area contributed by atoms with E-state index < -0.39 is 0 Å². The van der Waals surface area contributed by atoms with Crippen LogP contribution >= 0.6 is 24.8 Å².